The van der Waals surface area contributed by atoms with Crippen LogP contribution < -0.4 is 4.90 Å². The van der Waals surface area contributed by atoms with Crippen molar-refractivity contribution in [3.8, 4) is 0 Å². The maximum Gasteiger partial charge on any atom is 0.419 e. The summed E-state index contributed by atoms with van der Waals surface area (Å²) in [5.41, 5.74) is -2.62. The van der Waals surface area contributed by atoms with Crippen LogP contribution in [0.5, 0.6) is 0 Å². The summed E-state index contributed by atoms with van der Waals surface area (Å²) in [6.45, 7) is 1.67. The minimum absolute atomic E-state index is 0.150. The first-order valence-electron chi connectivity index (χ1n) is 5.72. The van der Waals surface area contributed by atoms with Gasteiger partial charge in [0.05, 0.1) is 6.54 Å². The molecule has 1 aromatic rings. The molecule has 0 spiro atoms. The van der Waals surface area contributed by atoms with Crippen LogP contribution in [0.3, 0.4) is 0 Å². The number of alkyl halides is 3. The molecule has 4 nitrogen and oxygen atoms in total. The van der Waals surface area contributed by atoms with Crippen LogP contribution in [0.15, 0.2) is 0 Å². The number of halogens is 3. The fraction of sp³-hybridized carbons (Fsp3) is 0.800. The van der Waals surface area contributed by atoms with E-state index in [9.17, 15) is 18.3 Å². The number of anilines is 1. The molecule has 1 unspecified atom stereocenters. The minimum atomic E-state index is -4.60. The molecule has 18 heavy (non-hydrogen) atoms. The predicted molar refractivity (Wildman–Crippen MR) is 61.7 cm³/mol. The Balaban J connectivity index is 2.08. The fourth-order valence-electron chi connectivity index (χ4n) is 1.89. The largest absolute Gasteiger partial charge is 0.419 e. The molecule has 0 aromatic carbocycles. The lowest BCUT2D eigenvalue weighted by molar-refractivity contribution is -0.250. The smallest absolute Gasteiger partial charge is 0.379 e. The molecular formula is C10H14F3N3OS. The van der Waals surface area contributed by atoms with E-state index in [-0.39, 0.29) is 13.0 Å². The second kappa shape index (κ2) is 4.65. The van der Waals surface area contributed by atoms with Crippen molar-refractivity contribution in [2.24, 2.45) is 0 Å². The quantitative estimate of drug-likeness (QED) is 0.920. The van der Waals surface area contributed by atoms with Crippen LogP contribution in [0.2, 0.25) is 0 Å². The third-order valence-electron chi connectivity index (χ3n) is 2.98. The fourth-order valence-corrected chi connectivity index (χ4v) is 2.62. The Bertz CT molecular complexity index is 423. The Kier molecular flexibility index (Phi) is 3.50. The van der Waals surface area contributed by atoms with Gasteiger partial charge in [-0.2, -0.15) is 17.5 Å². The van der Waals surface area contributed by atoms with E-state index < -0.39 is 18.3 Å². The summed E-state index contributed by atoms with van der Waals surface area (Å²) in [4.78, 5) is 5.63. The van der Waals surface area contributed by atoms with Crippen molar-refractivity contribution >= 4 is 16.7 Å². The molecule has 1 aromatic heterocycles. The van der Waals surface area contributed by atoms with Gasteiger partial charge >= 0.3 is 6.18 Å². The van der Waals surface area contributed by atoms with Crippen molar-refractivity contribution in [3.05, 3.63) is 5.82 Å². The topological polar surface area (TPSA) is 49.2 Å². The Morgan fingerprint density at radius 2 is 2.22 bits per heavy atom. The van der Waals surface area contributed by atoms with Gasteiger partial charge < -0.3 is 10.0 Å². The molecule has 0 radical (unpaired) electrons. The van der Waals surface area contributed by atoms with Crippen LogP contribution >= 0.6 is 11.5 Å². The second-order valence-corrected chi connectivity index (χ2v) is 5.17. The zero-order chi connectivity index (χ0) is 13.4. The van der Waals surface area contributed by atoms with Crippen molar-refractivity contribution in [1.29, 1.82) is 0 Å². The zero-order valence-electron chi connectivity index (χ0n) is 9.87. The number of aliphatic hydroxyl groups is 1. The van der Waals surface area contributed by atoms with Gasteiger partial charge in [0, 0.05) is 30.9 Å². The number of aromatic nitrogens is 2. The number of nitrogens with zero attached hydrogens (tertiary/aromatic N) is 3. The normalized spacial score (nSPS) is 24.8. The zero-order valence-corrected chi connectivity index (χ0v) is 10.7. The Morgan fingerprint density at radius 3 is 2.78 bits per heavy atom. The molecule has 1 saturated heterocycles. The lowest BCUT2D eigenvalue weighted by Gasteiger charge is -2.25. The highest BCUT2D eigenvalue weighted by Gasteiger charge is 2.57. The Morgan fingerprint density at radius 1 is 1.50 bits per heavy atom. The molecule has 0 saturated carbocycles. The van der Waals surface area contributed by atoms with Crippen LogP contribution in [0.4, 0.5) is 18.3 Å². The Hall–Kier alpha value is -0.890. The summed E-state index contributed by atoms with van der Waals surface area (Å²) < 4.78 is 42.0. The third-order valence-corrected chi connectivity index (χ3v) is 3.79. The first kappa shape index (κ1) is 13.5. The van der Waals surface area contributed by atoms with E-state index in [1.807, 2.05) is 6.92 Å². The van der Waals surface area contributed by atoms with Gasteiger partial charge in [-0.15, -0.1) is 0 Å². The van der Waals surface area contributed by atoms with Crippen molar-refractivity contribution in [3.63, 3.8) is 0 Å². The predicted octanol–water partition coefficient (Wildman–Crippen LogP) is 1.99. The molecule has 0 aliphatic carbocycles. The van der Waals surface area contributed by atoms with Gasteiger partial charge in [-0.25, -0.2) is 4.98 Å². The van der Waals surface area contributed by atoms with Crippen LogP contribution in [-0.2, 0) is 6.42 Å². The second-order valence-electron chi connectivity index (χ2n) is 4.44. The number of β-amino-alcohol motifs (C(OH)–C–C–N with tert-alkyl or cyclic N) is 1. The molecule has 8 heteroatoms. The highest BCUT2D eigenvalue weighted by atomic mass is 32.1. The van der Waals surface area contributed by atoms with Crippen molar-refractivity contribution in [2.45, 2.75) is 38.0 Å². The molecule has 0 bridgehead atoms. The highest BCUT2D eigenvalue weighted by molar-refractivity contribution is 7.09. The van der Waals surface area contributed by atoms with Crippen LogP contribution in [0, 0.1) is 0 Å². The SMILES string of the molecule is CCCc1nsc(N2CCC(O)(C(F)(F)F)C2)n1. The lowest BCUT2D eigenvalue weighted by atomic mass is 10.0. The number of hydrogen-bond donors (Lipinski definition) is 1. The van der Waals surface area contributed by atoms with Gasteiger partial charge in [0.2, 0.25) is 5.13 Å². The average molecular weight is 281 g/mol. The van der Waals surface area contributed by atoms with Crippen LogP contribution in [-0.4, -0.2) is 39.3 Å². The van der Waals surface area contributed by atoms with Crippen molar-refractivity contribution < 1.29 is 18.3 Å². The van der Waals surface area contributed by atoms with Gasteiger partial charge in [0.1, 0.15) is 5.82 Å². The van der Waals surface area contributed by atoms with Crippen molar-refractivity contribution in [1.82, 2.24) is 9.36 Å². The summed E-state index contributed by atoms with van der Waals surface area (Å²) in [7, 11) is 0. The first-order valence-corrected chi connectivity index (χ1v) is 6.50. The molecule has 1 fully saturated rings. The molecule has 1 atom stereocenters. The van der Waals surface area contributed by atoms with Crippen LogP contribution in [0.1, 0.15) is 25.6 Å². The van der Waals surface area contributed by atoms with Crippen LogP contribution in [0.25, 0.3) is 0 Å². The summed E-state index contributed by atoms with van der Waals surface area (Å²) >= 11 is 1.08. The van der Waals surface area contributed by atoms with E-state index in [1.54, 1.807) is 0 Å². The van der Waals surface area contributed by atoms with E-state index in [4.69, 9.17) is 0 Å². The molecular weight excluding hydrogens is 267 g/mol. The number of hydrogen-bond acceptors (Lipinski definition) is 5. The molecule has 2 rings (SSSR count). The maximum absolute atomic E-state index is 12.7. The van der Waals surface area contributed by atoms with Gasteiger partial charge in [-0.05, 0) is 6.42 Å². The van der Waals surface area contributed by atoms with Crippen molar-refractivity contribution in [2.75, 3.05) is 18.0 Å². The molecule has 2 heterocycles. The lowest BCUT2D eigenvalue weighted by Crippen LogP contribution is -2.47. The van der Waals surface area contributed by atoms with Gasteiger partial charge in [-0.3, -0.25) is 0 Å². The number of aryl methyl sites for hydroxylation is 1. The summed E-state index contributed by atoms with van der Waals surface area (Å²) in [5.74, 6) is 0.653. The van der Waals surface area contributed by atoms with E-state index >= 15 is 0 Å². The maximum atomic E-state index is 12.7. The summed E-state index contributed by atoms with van der Waals surface area (Å²) in [6, 6.07) is 0. The summed E-state index contributed by atoms with van der Waals surface area (Å²) in [6.07, 6.45) is -3.31. The van der Waals surface area contributed by atoms with E-state index in [0.29, 0.717) is 17.4 Å². The first-order chi connectivity index (χ1) is 8.36. The molecule has 1 aliphatic rings. The number of rotatable bonds is 3. The van der Waals surface area contributed by atoms with E-state index in [0.717, 1.165) is 18.0 Å². The van der Waals surface area contributed by atoms with Gasteiger partial charge in [0.25, 0.3) is 0 Å². The van der Waals surface area contributed by atoms with Gasteiger partial charge in [-0.1, -0.05) is 6.92 Å². The minimum Gasteiger partial charge on any atom is -0.379 e. The molecule has 1 N–H and O–H groups in total. The molecule has 0 amide bonds. The summed E-state index contributed by atoms with van der Waals surface area (Å²) in [5, 5.41) is 10.0. The third kappa shape index (κ3) is 2.44. The monoisotopic (exact) mass is 281 g/mol. The van der Waals surface area contributed by atoms with E-state index in [1.165, 1.54) is 4.90 Å². The van der Waals surface area contributed by atoms with Gasteiger partial charge in [0.15, 0.2) is 5.60 Å². The highest BCUT2D eigenvalue weighted by Crippen LogP contribution is 2.39. The standard InChI is InChI=1S/C10H14F3N3OS/c1-2-3-7-14-8(18-15-7)16-5-4-9(17,6-16)10(11,12)13/h17H,2-6H2,1H3. The molecule has 1 aliphatic heterocycles. The Labute approximate surface area is 107 Å². The van der Waals surface area contributed by atoms with E-state index in [2.05, 4.69) is 9.36 Å². The average Bonchev–Trinajstić information content (AvgIpc) is 2.85. The molecule has 102 valence electrons.